The van der Waals surface area contributed by atoms with Gasteiger partial charge in [0.1, 0.15) is 11.4 Å². The average Bonchev–Trinajstić information content (AvgIpc) is 3.34. The van der Waals surface area contributed by atoms with Gasteiger partial charge in [0.05, 0.1) is 18.4 Å². The van der Waals surface area contributed by atoms with E-state index in [0.717, 1.165) is 37.2 Å². The second kappa shape index (κ2) is 7.74. The summed E-state index contributed by atoms with van der Waals surface area (Å²) in [5, 5.41) is 0. The van der Waals surface area contributed by atoms with E-state index in [9.17, 15) is 9.59 Å². The largest absolute Gasteiger partial charge is 0.497 e. The molecule has 2 aromatic rings. The summed E-state index contributed by atoms with van der Waals surface area (Å²) in [6, 6.07) is 15.0. The predicted molar refractivity (Wildman–Crippen MR) is 114 cm³/mol. The van der Waals surface area contributed by atoms with Crippen LogP contribution in [0.2, 0.25) is 0 Å². The van der Waals surface area contributed by atoms with Crippen LogP contribution < -0.4 is 9.64 Å². The molecule has 0 aromatic heterocycles. The van der Waals surface area contributed by atoms with Crippen molar-refractivity contribution in [2.75, 3.05) is 25.1 Å². The number of hydrogen-bond acceptors (Lipinski definition) is 4. The van der Waals surface area contributed by atoms with E-state index in [1.807, 2.05) is 48.5 Å². The number of carbonyl (C=O) groups excluding carboxylic acids is 2. The van der Waals surface area contributed by atoms with E-state index >= 15 is 0 Å². The van der Waals surface area contributed by atoms with E-state index in [4.69, 9.17) is 4.74 Å². The zero-order valence-electron chi connectivity index (χ0n) is 17.1. The van der Waals surface area contributed by atoms with Gasteiger partial charge in [-0.25, -0.2) is 4.90 Å². The molecule has 4 rings (SSSR count). The number of nitrogens with zero attached hydrogens (tertiary/aromatic N) is 2. The summed E-state index contributed by atoms with van der Waals surface area (Å²) >= 11 is 0. The fraction of sp³-hybridized carbons (Fsp3) is 0.333. The van der Waals surface area contributed by atoms with Gasteiger partial charge in [0.15, 0.2) is 0 Å². The maximum absolute atomic E-state index is 13.4. The van der Waals surface area contributed by atoms with Crippen molar-refractivity contribution in [3.8, 4) is 5.75 Å². The Bertz CT molecular complexity index is 953. The van der Waals surface area contributed by atoms with E-state index in [1.165, 1.54) is 10.5 Å². The number of methoxy groups -OCH3 is 1. The third-order valence-electron chi connectivity index (χ3n) is 5.68. The van der Waals surface area contributed by atoms with E-state index in [2.05, 4.69) is 18.7 Å². The molecular weight excluding hydrogens is 364 g/mol. The van der Waals surface area contributed by atoms with Crippen LogP contribution in [-0.4, -0.2) is 36.9 Å². The number of carbonyl (C=O) groups is 2. The first-order chi connectivity index (χ1) is 14.0. The maximum atomic E-state index is 13.4. The third-order valence-corrected chi connectivity index (χ3v) is 5.68. The molecule has 2 amide bonds. The molecule has 0 aliphatic carbocycles. The summed E-state index contributed by atoms with van der Waals surface area (Å²) in [5.74, 6) is 0.608. The number of imide groups is 1. The van der Waals surface area contributed by atoms with Crippen molar-refractivity contribution in [1.82, 2.24) is 4.90 Å². The van der Waals surface area contributed by atoms with Gasteiger partial charge in [0.2, 0.25) is 0 Å². The van der Waals surface area contributed by atoms with Crippen molar-refractivity contribution < 1.29 is 14.3 Å². The number of hydrogen-bond donors (Lipinski definition) is 0. The molecule has 2 aliphatic rings. The Morgan fingerprint density at radius 1 is 0.862 bits per heavy atom. The van der Waals surface area contributed by atoms with Crippen LogP contribution in [0.25, 0.3) is 5.57 Å². The molecule has 0 bridgehead atoms. The SMILES string of the molecule is COc1ccc(C2=C(N3CCCC3)C(=O)N(c3ccc(C(C)C)cc3)C2=O)cc1. The normalized spacial score (nSPS) is 17.1. The van der Waals surface area contributed by atoms with Gasteiger partial charge in [0, 0.05) is 13.1 Å². The minimum Gasteiger partial charge on any atom is -0.497 e. The highest BCUT2D eigenvalue weighted by atomic mass is 16.5. The summed E-state index contributed by atoms with van der Waals surface area (Å²) < 4.78 is 5.24. The van der Waals surface area contributed by atoms with Crippen LogP contribution in [0, 0.1) is 0 Å². The molecule has 1 saturated heterocycles. The van der Waals surface area contributed by atoms with Gasteiger partial charge < -0.3 is 9.64 Å². The molecule has 0 radical (unpaired) electrons. The number of amides is 2. The van der Waals surface area contributed by atoms with Crippen molar-refractivity contribution in [3.05, 3.63) is 65.4 Å². The van der Waals surface area contributed by atoms with Gasteiger partial charge in [-0.1, -0.05) is 38.1 Å². The molecule has 0 N–H and O–H groups in total. The number of ether oxygens (including phenoxy) is 1. The van der Waals surface area contributed by atoms with Crippen LogP contribution in [0.3, 0.4) is 0 Å². The average molecular weight is 390 g/mol. The van der Waals surface area contributed by atoms with Crippen LogP contribution in [0.15, 0.2) is 54.2 Å². The number of likely N-dealkylation sites (tertiary alicyclic amines) is 1. The molecule has 5 nitrogen and oxygen atoms in total. The van der Waals surface area contributed by atoms with E-state index in [0.29, 0.717) is 22.9 Å². The second-order valence-corrected chi connectivity index (χ2v) is 7.84. The van der Waals surface area contributed by atoms with Crippen molar-refractivity contribution in [2.24, 2.45) is 0 Å². The summed E-state index contributed by atoms with van der Waals surface area (Å²) in [5.41, 5.74) is 3.53. The van der Waals surface area contributed by atoms with E-state index < -0.39 is 0 Å². The second-order valence-electron chi connectivity index (χ2n) is 7.84. The molecule has 1 fully saturated rings. The molecule has 0 saturated carbocycles. The minimum absolute atomic E-state index is 0.236. The molecular formula is C24H26N2O3. The minimum atomic E-state index is -0.264. The first-order valence-electron chi connectivity index (χ1n) is 10.1. The van der Waals surface area contributed by atoms with Crippen LogP contribution in [0.5, 0.6) is 5.75 Å². The summed E-state index contributed by atoms with van der Waals surface area (Å²) in [7, 11) is 1.61. The zero-order valence-corrected chi connectivity index (χ0v) is 17.1. The summed E-state index contributed by atoms with van der Waals surface area (Å²) in [6.07, 6.45) is 2.06. The Morgan fingerprint density at radius 3 is 2.03 bits per heavy atom. The lowest BCUT2D eigenvalue weighted by Gasteiger charge is -2.20. The first-order valence-corrected chi connectivity index (χ1v) is 10.1. The summed E-state index contributed by atoms with van der Waals surface area (Å²) in [6.45, 7) is 5.84. The van der Waals surface area contributed by atoms with Crippen LogP contribution in [-0.2, 0) is 9.59 Å². The highest BCUT2D eigenvalue weighted by Crippen LogP contribution is 2.36. The Hall–Kier alpha value is -3.08. The molecule has 29 heavy (non-hydrogen) atoms. The lowest BCUT2D eigenvalue weighted by molar-refractivity contribution is -0.120. The zero-order chi connectivity index (χ0) is 20.5. The molecule has 5 heteroatoms. The Kier molecular flexibility index (Phi) is 5.14. The molecule has 150 valence electrons. The fourth-order valence-electron chi connectivity index (χ4n) is 4.01. The van der Waals surface area contributed by atoms with Gasteiger partial charge in [-0.05, 0) is 54.2 Å². The third kappa shape index (κ3) is 3.41. The summed E-state index contributed by atoms with van der Waals surface area (Å²) in [4.78, 5) is 30.2. The van der Waals surface area contributed by atoms with Gasteiger partial charge in [-0.15, -0.1) is 0 Å². The van der Waals surface area contributed by atoms with E-state index in [-0.39, 0.29) is 11.8 Å². The quantitative estimate of drug-likeness (QED) is 0.718. The molecule has 2 aliphatic heterocycles. The molecule has 2 aromatic carbocycles. The van der Waals surface area contributed by atoms with Crippen LogP contribution >= 0.6 is 0 Å². The van der Waals surface area contributed by atoms with Gasteiger partial charge in [0.25, 0.3) is 11.8 Å². The highest BCUT2D eigenvalue weighted by molar-refractivity contribution is 6.45. The standard InChI is InChI=1S/C24H26N2O3/c1-16(2)17-6-10-19(11-7-17)26-23(27)21(18-8-12-20(29-3)13-9-18)22(24(26)28)25-14-4-5-15-25/h6-13,16H,4-5,14-15H2,1-3H3. The number of rotatable bonds is 5. The highest BCUT2D eigenvalue weighted by Gasteiger charge is 2.42. The van der Waals surface area contributed by atoms with Crippen molar-refractivity contribution in [1.29, 1.82) is 0 Å². The Labute approximate surface area is 171 Å². The fourth-order valence-corrected chi connectivity index (χ4v) is 4.01. The predicted octanol–water partition coefficient (Wildman–Crippen LogP) is 4.20. The number of anilines is 1. The van der Waals surface area contributed by atoms with E-state index in [1.54, 1.807) is 7.11 Å². The molecule has 0 atom stereocenters. The Morgan fingerprint density at radius 2 is 1.48 bits per heavy atom. The van der Waals surface area contributed by atoms with Gasteiger partial charge in [-0.2, -0.15) is 0 Å². The lowest BCUT2D eigenvalue weighted by atomic mass is 10.0. The number of benzene rings is 2. The van der Waals surface area contributed by atoms with Crippen molar-refractivity contribution >= 4 is 23.1 Å². The molecule has 2 heterocycles. The van der Waals surface area contributed by atoms with Gasteiger partial charge in [-0.3, -0.25) is 9.59 Å². The van der Waals surface area contributed by atoms with Crippen molar-refractivity contribution in [3.63, 3.8) is 0 Å². The Balaban J connectivity index is 1.76. The first kappa shape index (κ1) is 19.2. The lowest BCUT2D eigenvalue weighted by Crippen LogP contribution is -2.34. The van der Waals surface area contributed by atoms with Crippen LogP contribution in [0.4, 0.5) is 5.69 Å². The maximum Gasteiger partial charge on any atom is 0.282 e. The monoisotopic (exact) mass is 390 g/mol. The molecule has 0 spiro atoms. The molecule has 0 unspecified atom stereocenters. The van der Waals surface area contributed by atoms with Crippen molar-refractivity contribution in [2.45, 2.75) is 32.6 Å². The van der Waals surface area contributed by atoms with Gasteiger partial charge >= 0.3 is 0 Å². The van der Waals surface area contributed by atoms with Crippen LogP contribution in [0.1, 0.15) is 43.7 Å². The smallest absolute Gasteiger partial charge is 0.282 e. The topological polar surface area (TPSA) is 49.9 Å².